The van der Waals surface area contributed by atoms with E-state index in [1.807, 2.05) is 0 Å². The third-order valence-corrected chi connectivity index (χ3v) is 11.2. The largest absolute Gasteiger partial charge is 0.316 e. The standard InChI is InChI=1S/C55H41N3/c1-39-14-2-3-15-45(39)46-16-4-9-21-51(46)56-33-30-41-36-42(32-35-58-54-24-12-7-19-49(54)50-20-8-13-25-55(50)58)38-44(37-41)43-28-26-40(27-29-43)31-34-57-52-22-10-5-17-47(52)48-18-6-11-23-53(48)57/h2-29,31-38H,30H2,1H3/b34-31-,35-32+,56-33?. The summed E-state index contributed by atoms with van der Waals surface area (Å²) in [4.78, 5) is 5.04. The quantitative estimate of drug-likeness (QED) is 0.131. The van der Waals surface area contributed by atoms with Gasteiger partial charge >= 0.3 is 0 Å². The first-order valence-corrected chi connectivity index (χ1v) is 19.9. The van der Waals surface area contributed by atoms with Crippen LogP contribution in [0.5, 0.6) is 0 Å². The normalized spacial score (nSPS) is 12.1. The number of para-hydroxylation sites is 5. The van der Waals surface area contributed by atoms with Gasteiger partial charge in [-0.3, -0.25) is 4.99 Å². The van der Waals surface area contributed by atoms with Crippen molar-refractivity contribution in [2.45, 2.75) is 13.3 Å². The Bertz CT molecular complexity index is 3100. The third-order valence-electron chi connectivity index (χ3n) is 11.2. The molecule has 0 saturated heterocycles. The molecule has 2 aromatic heterocycles. The molecule has 8 aromatic carbocycles. The summed E-state index contributed by atoms with van der Waals surface area (Å²) in [6.45, 7) is 2.16. The molecular formula is C55H41N3. The van der Waals surface area contributed by atoms with Gasteiger partial charge in [0.2, 0.25) is 0 Å². The summed E-state index contributed by atoms with van der Waals surface area (Å²) < 4.78 is 4.60. The Morgan fingerprint density at radius 1 is 0.431 bits per heavy atom. The van der Waals surface area contributed by atoms with Gasteiger partial charge in [-0.25, -0.2) is 0 Å². The number of benzene rings is 8. The molecule has 0 fully saturated rings. The second kappa shape index (κ2) is 15.2. The van der Waals surface area contributed by atoms with Crippen LogP contribution in [0.15, 0.2) is 193 Å². The van der Waals surface area contributed by atoms with Crippen molar-refractivity contribution in [3.63, 3.8) is 0 Å². The van der Waals surface area contributed by atoms with E-state index in [-0.39, 0.29) is 0 Å². The van der Waals surface area contributed by atoms with Gasteiger partial charge in [0, 0.05) is 52.1 Å². The summed E-state index contributed by atoms with van der Waals surface area (Å²) in [6.07, 6.45) is 11.6. The zero-order valence-corrected chi connectivity index (χ0v) is 32.3. The predicted molar refractivity (Wildman–Crippen MR) is 250 cm³/mol. The van der Waals surface area contributed by atoms with Crippen molar-refractivity contribution in [3.05, 3.63) is 210 Å². The lowest BCUT2D eigenvalue weighted by Gasteiger charge is -2.10. The minimum absolute atomic E-state index is 0.700. The van der Waals surface area contributed by atoms with Crippen LogP contribution in [0.3, 0.4) is 0 Å². The fourth-order valence-electron chi connectivity index (χ4n) is 8.37. The molecule has 3 heteroatoms. The number of aromatic nitrogens is 2. The summed E-state index contributed by atoms with van der Waals surface area (Å²) >= 11 is 0. The SMILES string of the molecule is Cc1ccccc1-c1ccccc1N=CCc1cc(/C=C/n2c3ccccc3c3ccccc32)cc(-c2ccc(/C=C\n3c4ccccc4c4ccccc43)cc2)c1. The molecule has 0 spiro atoms. The Morgan fingerprint density at radius 2 is 0.914 bits per heavy atom. The van der Waals surface area contributed by atoms with Crippen LogP contribution in [0.2, 0.25) is 0 Å². The van der Waals surface area contributed by atoms with Crippen molar-refractivity contribution in [1.29, 1.82) is 0 Å². The predicted octanol–water partition coefficient (Wildman–Crippen LogP) is 14.7. The van der Waals surface area contributed by atoms with E-state index in [0.717, 1.165) is 22.4 Å². The van der Waals surface area contributed by atoms with Crippen LogP contribution in [-0.2, 0) is 6.42 Å². The monoisotopic (exact) mass is 743 g/mol. The molecule has 0 aliphatic carbocycles. The van der Waals surface area contributed by atoms with Gasteiger partial charge in [-0.15, -0.1) is 0 Å². The van der Waals surface area contributed by atoms with Gasteiger partial charge in [-0.05, 0) is 94.4 Å². The van der Waals surface area contributed by atoms with Crippen molar-refractivity contribution in [2.75, 3.05) is 0 Å². The molecule has 0 bridgehead atoms. The highest BCUT2D eigenvalue weighted by Crippen LogP contribution is 2.34. The lowest BCUT2D eigenvalue weighted by atomic mass is 9.97. The Morgan fingerprint density at radius 3 is 1.48 bits per heavy atom. The molecule has 0 N–H and O–H groups in total. The molecule has 2 heterocycles. The summed E-state index contributed by atoms with van der Waals surface area (Å²) in [5.41, 5.74) is 15.2. The van der Waals surface area contributed by atoms with E-state index < -0.39 is 0 Å². The maximum Gasteiger partial charge on any atom is 0.0704 e. The zero-order valence-electron chi connectivity index (χ0n) is 32.3. The Balaban J connectivity index is 0.998. The van der Waals surface area contributed by atoms with Gasteiger partial charge in [0.1, 0.15) is 0 Å². The highest BCUT2D eigenvalue weighted by Gasteiger charge is 2.11. The molecule has 276 valence electrons. The number of aryl methyl sites for hydroxylation is 1. The Labute approximate surface area is 338 Å². The van der Waals surface area contributed by atoms with Gasteiger partial charge in [0.25, 0.3) is 0 Å². The van der Waals surface area contributed by atoms with E-state index in [1.165, 1.54) is 71.4 Å². The number of fused-ring (bicyclic) bond motifs is 6. The first kappa shape index (κ1) is 35.0. The maximum atomic E-state index is 5.04. The molecule has 3 nitrogen and oxygen atoms in total. The van der Waals surface area contributed by atoms with Crippen molar-refractivity contribution in [1.82, 2.24) is 9.13 Å². The molecule has 0 atom stereocenters. The molecule has 0 aliphatic rings. The summed E-state index contributed by atoms with van der Waals surface area (Å²) in [5, 5.41) is 5.04. The smallest absolute Gasteiger partial charge is 0.0704 e. The Kier molecular flexibility index (Phi) is 9.17. The van der Waals surface area contributed by atoms with Crippen LogP contribution in [0, 0.1) is 6.92 Å². The van der Waals surface area contributed by atoms with Crippen LogP contribution < -0.4 is 0 Å². The van der Waals surface area contributed by atoms with Gasteiger partial charge < -0.3 is 9.13 Å². The average molecular weight is 744 g/mol. The van der Waals surface area contributed by atoms with Gasteiger partial charge in [0.05, 0.1) is 27.8 Å². The molecule has 0 saturated carbocycles. The van der Waals surface area contributed by atoms with Crippen LogP contribution in [0.1, 0.15) is 22.3 Å². The van der Waals surface area contributed by atoms with E-state index in [4.69, 9.17) is 4.99 Å². The molecule has 0 radical (unpaired) electrons. The van der Waals surface area contributed by atoms with Crippen molar-refractivity contribution >= 4 is 80.1 Å². The highest BCUT2D eigenvalue weighted by atomic mass is 15.0. The van der Waals surface area contributed by atoms with E-state index in [2.05, 4.69) is 235 Å². The van der Waals surface area contributed by atoms with Crippen LogP contribution in [0.25, 0.3) is 90.4 Å². The fraction of sp³-hybridized carbons (Fsp3) is 0.0364. The van der Waals surface area contributed by atoms with Crippen LogP contribution in [0.4, 0.5) is 5.69 Å². The second-order valence-electron chi connectivity index (χ2n) is 14.9. The molecular weight excluding hydrogens is 703 g/mol. The molecule has 10 rings (SSSR count). The highest BCUT2D eigenvalue weighted by molar-refractivity contribution is 6.10. The summed E-state index contributed by atoms with van der Waals surface area (Å²) in [6, 6.07) is 67.2. The maximum absolute atomic E-state index is 5.04. The van der Waals surface area contributed by atoms with Crippen molar-refractivity contribution < 1.29 is 0 Å². The Hall–Kier alpha value is -7.49. The molecule has 0 unspecified atom stereocenters. The zero-order chi connectivity index (χ0) is 38.8. The molecule has 0 aliphatic heterocycles. The number of rotatable bonds is 9. The van der Waals surface area contributed by atoms with Crippen LogP contribution >= 0.6 is 0 Å². The lowest BCUT2D eigenvalue weighted by molar-refractivity contribution is 1.29. The number of aliphatic imine (C=N–C) groups is 1. The summed E-state index contributed by atoms with van der Waals surface area (Å²) in [5.74, 6) is 0. The third kappa shape index (κ3) is 6.63. The van der Waals surface area contributed by atoms with E-state index in [1.54, 1.807) is 0 Å². The van der Waals surface area contributed by atoms with E-state index in [0.29, 0.717) is 6.42 Å². The van der Waals surface area contributed by atoms with Gasteiger partial charge in [0.15, 0.2) is 0 Å². The van der Waals surface area contributed by atoms with Crippen LogP contribution in [-0.4, -0.2) is 15.3 Å². The average Bonchev–Trinajstić information content (AvgIpc) is 3.77. The topological polar surface area (TPSA) is 22.2 Å². The molecule has 10 aromatic rings. The fourth-order valence-corrected chi connectivity index (χ4v) is 8.37. The molecule has 0 amide bonds. The minimum atomic E-state index is 0.700. The van der Waals surface area contributed by atoms with Gasteiger partial charge in [-0.2, -0.15) is 0 Å². The number of hydrogen-bond donors (Lipinski definition) is 0. The van der Waals surface area contributed by atoms with Crippen molar-refractivity contribution in [2.24, 2.45) is 4.99 Å². The number of hydrogen-bond acceptors (Lipinski definition) is 1. The second-order valence-corrected chi connectivity index (χ2v) is 14.9. The lowest BCUT2D eigenvalue weighted by Crippen LogP contribution is -1.91. The van der Waals surface area contributed by atoms with Gasteiger partial charge in [-0.1, -0.05) is 152 Å². The molecule has 58 heavy (non-hydrogen) atoms. The first-order valence-electron chi connectivity index (χ1n) is 19.9. The first-order chi connectivity index (χ1) is 28.7. The van der Waals surface area contributed by atoms with E-state index >= 15 is 0 Å². The van der Waals surface area contributed by atoms with Crippen molar-refractivity contribution in [3.8, 4) is 22.3 Å². The summed E-state index contributed by atoms with van der Waals surface area (Å²) in [7, 11) is 0. The number of nitrogens with zero attached hydrogens (tertiary/aromatic N) is 3. The van der Waals surface area contributed by atoms with E-state index in [9.17, 15) is 0 Å². The minimum Gasteiger partial charge on any atom is -0.316 e.